The number of fused-ring (bicyclic) bond motifs is 1. The second-order valence-electron chi connectivity index (χ2n) is 5.05. The molecular formula is C16H19NS. The molecule has 1 N–H and O–H groups in total. The van der Waals surface area contributed by atoms with Gasteiger partial charge in [0.05, 0.1) is 0 Å². The highest BCUT2D eigenvalue weighted by atomic mass is 32.1. The van der Waals surface area contributed by atoms with Gasteiger partial charge >= 0.3 is 0 Å². The van der Waals surface area contributed by atoms with Gasteiger partial charge in [-0.3, -0.25) is 0 Å². The molecule has 1 aliphatic carbocycles. The molecule has 0 saturated heterocycles. The standard InChI is InChI=1S/C16H19NS/c1-12(16-10-5-11-18-16)17-15-9-4-7-13-6-2-3-8-14(13)15/h2-3,5-6,8,10-12,15,17H,4,7,9H2,1H3. The Bertz CT molecular complexity index is 504. The van der Waals surface area contributed by atoms with E-state index < -0.39 is 0 Å². The summed E-state index contributed by atoms with van der Waals surface area (Å²) in [6, 6.07) is 14.2. The largest absolute Gasteiger partial charge is 0.303 e. The Morgan fingerprint density at radius 3 is 2.94 bits per heavy atom. The van der Waals surface area contributed by atoms with Crippen molar-refractivity contribution in [2.24, 2.45) is 0 Å². The van der Waals surface area contributed by atoms with Gasteiger partial charge < -0.3 is 5.32 Å². The van der Waals surface area contributed by atoms with Crippen LogP contribution in [-0.4, -0.2) is 0 Å². The quantitative estimate of drug-likeness (QED) is 0.855. The molecule has 1 nitrogen and oxygen atoms in total. The molecule has 1 aliphatic rings. The van der Waals surface area contributed by atoms with Crippen LogP contribution in [0.5, 0.6) is 0 Å². The lowest BCUT2D eigenvalue weighted by molar-refractivity contribution is 0.418. The summed E-state index contributed by atoms with van der Waals surface area (Å²) in [6.07, 6.45) is 3.79. The lowest BCUT2D eigenvalue weighted by Crippen LogP contribution is -2.27. The highest BCUT2D eigenvalue weighted by Crippen LogP contribution is 2.32. The van der Waals surface area contributed by atoms with Gasteiger partial charge in [-0.2, -0.15) is 0 Å². The molecule has 0 bridgehead atoms. The van der Waals surface area contributed by atoms with Crippen LogP contribution in [0.15, 0.2) is 41.8 Å². The maximum absolute atomic E-state index is 3.79. The molecule has 1 heterocycles. The van der Waals surface area contributed by atoms with Crippen molar-refractivity contribution in [2.75, 3.05) is 0 Å². The first-order valence-electron chi connectivity index (χ1n) is 6.72. The highest BCUT2D eigenvalue weighted by molar-refractivity contribution is 7.10. The molecule has 0 radical (unpaired) electrons. The van der Waals surface area contributed by atoms with Gasteiger partial charge in [-0.05, 0) is 48.8 Å². The summed E-state index contributed by atoms with van der Waals surface area (Å²) in [4.78, 5) is 1.43. The predicted molar refractivity (Wildman–Crippen MR) is 78.0 cm³/mol. The van der Waals surface area contributed by atoms with Crippen molar-refractivity contribution in [1.29, 1.82) is 0 Å². The monoisotopic (exact) mass is 257 g/mol. The Balaban J connectivity index is 1.78. The number of nitrogens with one attached hydrogen (secondary N) is 1. The van der Waals surface area contributed by atoms with Crippen LogP contribution in [0, 0.1) is 0 Å². The molecule has 0 fully saturated rings. The summed E-state index contributed by atoms with van der Waals surface area (Å²) in [5.41, 5.74) is 3.03. The van der Waals surface area contributed by atoms with Gasteiger partial charge in [0.15, 0.2) is 0 Å². The molecule has 2 atom stereocenters. The molecule has 0 spiro atoms. The maximum atomic E-state index is 3.79. The van der Waals surface area contributed by atoms with Crippen LogP contribution in [0.2, 0.25) is 0 Å². The molecule has 3 rings (SSSR count). The average Bonchev–Trinajstić information content (AvgIpc) is 2.93. The molecule has 1 aromatic heterocycles. The molecule has 1 aromatic carbocycles. The molecule has 2 heteroatoms. The van der Waals surface area contributed by atoms with Crippen molar-refractivity contribution in [1.82, 2.24) is 5.32 Å². The van der Waals surface area contributed by atoms with Gasteiger partial charge in [0.25, 0.3) is 0 Å². The van der Waals surface area contributed by atoms with Crippen molar-refractivity contribution in [3.05, 3.63) is 57.8 Å². The molecule has 2 unspecified atom stereocenters. The maximum Gasteiger partial charge on any atom is 0.0391 e. The summed E-state index contributed by atoms with van der Waals surface area (Å²) < 4.78 is 0. The Morgan fingerprint density at radius 2 is 2.11 bits per heavy atom. The molecule has 94 valence electrons. The zero-order chi connectivity index (χ0) is 12.4. The third-order valence-corrected chi connectivity index (χ3v) is 4.85. The predicted octanol–water partition coefficient (Wildman–Crippen LogP) is 4.48. The molecular weight excluding hydrogens is 238 g/mol. The van der Waals surface area contributed by atoms with Crippen LogP contribution in [0.3, 0.4) is 0 Å². The van der Waals surface area contributed by atoms with E-state index in [1.807, 2.05) is 11.3 Å². The first kappa shape index (κ1) is 11.9. The SMILES string of the molecule is CC(NC1CCCc2ccccc21)c1cccs1. The minimum absolute atomic E-state index is 0.446. The summed E-state index contributed by atoms with van der Waals surface area (Å²) in [7, 11) is 0. The number of rotatable bonds is 3. The van der Waals surface area contributed by atoms with E-state index in [0.29, 0.717) is 12.1 Å². The van der Waals surface area contributed by atoms with Crippen LogP contribution < -0.4 is 5.32 Å². The highest BCUT2D eigenvalue weighted by Gasteiger charge is 2.21. The summed E-state index contributed by atoms with van der Waals surface area (Å²) >= 11 is 1.84. The van der Waals surface area contributed by atoms with Crippen LogP contribution in [0.1, 0.15) is 47.9 Å². The minimum Gasteiger partial charge on any atom is -0.303 e. The van der Waals surface area contributed by atoms with Crippen LogP contribution in [0.25, 0.3) is 0 Å². The third kappa shape index (κ3) is 2.36. The van der Waals surface area contributed by atoms with E-state index in [0.717, 1.165) is 0 Å². The fourth-order valence-electron chi connectivity index (χ4n) is 2.85. The normalized spacial score (nSPS) is 20.4. The second-order valence-corrected chi connectivity index (χ2v) is 6.03. The van der Waals surface area contributed by atoms with E-state index in [-0.39, 0.29) is 0 Å². The summed E-state index contributed by atoms with van der Waals surface area (Å²) in [5.74, 6) is 0. The van der Waals surface area contributed by atoms with E-state index in [4.69, 9.17) is 0 Å². The van der Waals surface area contributed by atoms with Gasteiger partial charge in [-0.15, -0.1) is 11.3 Å². The number of aryl methyl sites for hydroxylation is 1. The van der Waals surface area contributed by atoms with Crippen molar-refractivity contribution >= 4 is 11.3 Å². The first-order valence-corrected chi connectivity index (χ1v) is 7.60. The van der Waals surface area contributed by atoms with Gasteiger partial charge in [0.1, 0.15) is 0 Å². The third-order valence-electron chi connectivity index (χ3n) is 3.79. The van der Waals surface area contributed by atoms with Crippen molar-refractivity contribution in [2.45, 2.75) is 38.3 Å². The molecule has 0 saturated carbocycles. The zero-order valence-corrected chi connectivity index (χ0v) is 11.5. The van der Waals surface area contributed by atoms with Crippen molar-refractivity contribution in [3.8, 4) is 0 Å². The second kappa shape index (κ2) is 5.25. The van der Waals surface area contributed by atoms with Crippen LogP contribution in [0.4, 0.5) is 0 Å². The topological polar surface area (TPSA) is 12.0 Å². The van der Waals surface area contributed by atoms with Crippen molar-refractivity contribution in [3.63, 3.8) is 0 Å². The van der Waals surface area contributed by atoms with E-state index >= 15 is 0 Å². The lowest BCUT2D eigenvalue weighted by atomic mass is 9.87. The average molecular weight is 257 g/mol. The molecule has 0 aliphatic heterocycles. The fourth-order valence-corrected chi connectivity index (χ4v) is 3.59. The minimum atomic E-state index is 0.446. The Morgan fingerprint density at radius 1 is 1.22 bits per heavy atom. The zero-order valence-electron chi connectivity index (χ0n) is 10.7. The molecule has 0 amide bonds. The first-order chi connectivity index (χ1) is 8.84. The van der Waals surface area contributed by atoms with Gasteiger partial charge in [-0.25, -0.2) is 0 Å². The van der Waals surface area contributed by atoms with E-state index in [9.17, 15) is 0 Å². The molecule has 2 aromatic rings. The summed E-state index contributed by atoms with van der Waals surface area (Å²) in [5, 5.41) is 5.94. The smallest absolute Gasteiger partial charge is 0.0391 e. The van der Waals surface area contributed by atoms with Crippen LogP contribution in [-0.2, 0) is 6.42 Å². The lowest BCUT2D eigenvalue weighted by Gasteiger charge is -2.29. The Kier molecular flexibility index (Phi) is 3.48. The summed E-state index contributed by atoms with van der Waals surface area (Å²) in [6.45, 7) is 2.27. The van der Waals surface area contributed by atoms with Gasteiger partial charge in [0.2, 0.25) is 0 Å². The van der Waals surface area contributed by atoms with E-state index in [1.54, 1.807) is 0 Å². The van der Waals surface area contributed by atoms with Gasteiger partial charge in [-0.1, -0.05) is 30.3 Å². The Hall–Kier alpha value is -1.12. The fraction of sp³-hybridized carbons (Fsp3) is 0.375. The van der Waals surface area contributed by atoms with E-state index in [2.05, 4.69) is 54.0 Å². The number of thiophene rings is 1. The van der Waals surface area contributed by atoms with Gasteiger partial charge in [0, 0.05) is 17.0 Å². The van der Waals surface area contributed by atoms with Crippen LogP contribution >= 0.6 is 11.3 Å². The molecule has 18 heavy (non-hydrogen) atoms. The van der Waals surface area contributed by atoms with Crippen molar-refractivity contribution < 1.29 is 0 Å². The number of benzene rings is 1. The number of hydrogen-bond donors (Lipinski definition) is 1. The Labute approximate surface area is 113 Å². The number of hydrogen-bond acceptors (Lipinski definition) is 2. The van der Waals surface area contributed by atoms with E-state index in [1.165, 1.54) is 35.3 Å².